The molecule has 3 saturated heterocycles. The lowest BCUT2D eigenvalue weighted by molar-refractivity contribution is 0.0687. The van der Waals surface area contributed by atoms with E-state index in [1.54, 1.807) is 0 Å². The minimum atomic E-state index is 0.303. The molecule has 19 heavy (non-hydrogen) atoms. The number of hydrogen-bond acceptors (Lipinski definition) is 4. The molecule has 2 N–H and O–H groups in total. The van der Waals surface area contributed by atoms with Gasteiger partial charge in [0.25, 0.3) is 0 Å². The van der Waals surface area contributed by atoms with Gasteiger partial charge in [-0.1, -0.05) is 0 Å². The molecule has 110 valence electrons. The summed E-state index contributed by atoms with van der Waals surface area (Å²) in [4.78, 5) is 5.25. The first-order chi connectivity index (χ1) is 9.36. The van der Waals surface area contributed by atoms with E-state index in [2.05, 4.69) is 15.1 Å². The molecule has 0 saturated carbocycles. The molecule has 3 fully saturated rings. The molecule has 0 aromatic rings. The predicted molar refractivity (Wildman–Crippen MR) is 77.3 cm³/mol. The molecular weight excluding hydrogens is 238 g/mol. The predicted octanol–water partition coefficient (Wildman–Crippen LogP) is 0.660. The molecule has 0 aromatic heterocycles. The van der Waals surface area contributed by atoms with Crippen LogP contribution in [-0.2, 0) is 0 Å². The number of piperidine rings is 1. The summed E-state index contributed by atoms with van der Waals surface area (Å²) in [5.74, 6) is 0. The van der Waals surface area contributed by atoms with Gasteiger partial charge in [0, 0.05) is 31.2 Å². The zero-order valence-electron chi connectivity index (χ0n) is 12.1. The third-order valence-electron chi connectivity index (χ3n) is 5.31. The van der Waals surface area contributed by atoms with E-state index < -0.39 is 0 Å². The summed E-state index contributed by atoms with van der Waals surface area (Å²) in [7, 11) is 0. The molecule has 0 bridgehead atoms. The van der Waals surface area contributed by atoms with Crippen molar-refractivity contribution in [1.82, 2.24) is 15.1 Å². The van der Waals surface area contributed by atoms with Crippen LogP contribution in [0.4, 0.5) is 0 Å². The molecule has 3 atom stereocenters. The minimum absolute atomic E-state index is 0.303. The molecule has 0 amide bonds. The van der Waals surface area contributed by atoms with Gasteiger partial charge in [0.2, 0.25) is 0 Å². The first kappa shape index (κ1) is 13.8. The maximum atomic E-state index is 9.36. The van der Waals surface area contributed by atoms with Crippen molar-refractivity contribution in [2.24, 2.45) is 0 Å². The van der Waals surface area contributed by atoms with Crippen molar-refractivity contribution in [1.29, 1.82) is 0 Å². The highest BCUT2D eigenvalue weighted by Gasteiger charge is 2.34. The molecular formula is C15H29N3O. The van der Waals surface area contributed by atoms with Gasteiger partial charge in [-0.05, 0) is 58.2 Å². The summed E-state index contributed by atoms with van der Waals surface area (Å²) < 4.78 is 0. The Morgan fingerprint density at radius 1 is 1.16 bits per heavy atom. The number of hydrogen-bond donors (Lipinski definition) is 2. The van der Waals surface area contributed by atoms with Gasteiger partial charge in [0.15, 0.2) is 0 Å². The van der Waals surface area contributed by atoms with Gasteiger partial charge < -0.3 is 15.3 Å². The van der Waals surface area contributed by atoms with Crippen LogP contribution < -0.4 is 5.32 Å². The van der Waals surface area contributed by atoms with E-state index in [1.165, 1.54) is 58.2 Å². The van der Waals surface area contributed by atoms with Crippen molar-refractivity contribution >= 4 is 0 Å². The van der Waals surface area contributed by atoms with Crippen molar-refractivity contribution < 1.29 is 5.11 Å². The van der Waals surface area contributed by atoms with Crippen LogP contribution in [0.5, 0.6) is 0 Å². The average Bonchev–Trinajstić information content (AvgIpc) is 3.08. The Morgan fingerprint density at radius 3 is 2.89 bits per heavy atom. The lowest BCUT2D eigenvalue weighted by Gasteiger charge is -2.41. The highest BCUT2D eigenvalue weighted by Crippen LogP contribution is 2.29. The van der Waals surface area contributed by atoms with E-state index in [0.29, 0.717) is 18.7 Å². The highest BCUT2D eigenvalue weighted by molar-refractivity contribution is 4.91. The molecule has 4 heteroatoms. The zero-order chi connectivity index (χ0) is 13.1. The molecule has 0 spiro atoms. The fourth-order valence-electron chi connectivity index (χ4n) is 4.28. The van der Waals surface area contributed by atoms with Crippen LogP contribution in [-0.4, -0.2) is 72.4 Å². The van der Waals surface area contributed by atoms with Gasteiger partial charge >= 0.3 is 0 Å². The Labute approximate surface area is 117 Å². The maximum Gasteiger partial charge on any atom is 0.0558 e. The second-order valence-corrected chi connectivity index (χ2v) is 6.52. The van der Waals surface area contributed by atoms with Gasteiger partial charge in [0.05, 0.1) is 6.61 Å². The standard InChI is InChI=1S/C15H29N3O/c19-10-9-18(12-13-3-1-6-16-13)15-5-8-17-7-2-4-14(17)11-15/h13-16,19H,1-12H2. The fraction of sp³-hybridized carbons (Fsp3) is 1.00. The first-order valence-corrected chi connectivity index (χ1v) is 8.19. The molecule has 3 heterocycles. The topological polar surface area (TPSA) is 38.7 Å². The lowest BCUT2D eigenvalue weighted by Crippen LogP contribution is -2.51. The Balaban J connectivity index is 1.56. The zero-order valence-corrected chi connectivity index (χ0v) is 12.1. The van der Waals surface area contributed by atoms with E-state index in [4.69, 9.17) is 0 Å². The van der Waals surface area contributed by atoms with Crippen LogP contribution >= 0.6 is 0 Å². The molecule has 3 rings (SSSR count). The maximum absolute atomic E-state index is 9.36. The van der Waals surface area contributed by atoms with Gasteiger partial charge in [-0.3, -0.25) is 4.90 Å². The van der Waals surface area contributed by atoms with E-state index in [9.17, 15) is 5.11 Å². The summed E-state index contributed by atoms with van der Waals surface area (Å²) >= 11 is 0. The van der Waals surface area contributed by atoms with E-state index in [-0.39, 0.29) is 0 Å². The normalized spacial score (nSPS) is 36.0. The Morgan fingerprint density at radius 2 is 2.11 bits per heavy atom. The molecule has 0 aromatic carbocycles. The average molecular weight is 267 g/mol. The number of nitrogens with one attached hydrogen (secondary N) is 1. The van der Waals surface area contributed by atoms with E-state index in [0.717, 1.165) is 19.1 Å². The van der Waals surface area contributed by atoms with Gasteiger partial charge in [0.1, 0.15) is 0 Å². The van der Waals surface area contributed by atoms with Crippen molar-refractivity contribution in [3.63, 3.8) is 0 Å². The largest absolute Gasteiger partial charge is 0.395 e. The van der Waals surface area contributed by atoms with E-state index in [1.807, 2.05) is 0 Å². The minimum Gasteiger partial charge on any atom is -0.395 e. The summed E-state index contributed by atoms with van der Waals surface area (Å²) in [5, 5.41) is 13.0. The second kappa shape index (κ2) is 6.53. The quantitative estimate of drug-likeness (QED) is 0.767. The van der Waals surface area contributed by atoms with Gasteiger partial charge in [-0.2, -0.15) is 0 Å². The summed E-state index contributed by atoms with van der Waals surface area (Å²) in [6.45, 7) is 6.07. The number of aliphatic hydroxyl groups excluding tert-OH is 1. The summed E-state index contributed by atoms with van der Waals surface area (Å²) in [5.41, 5.74) is 0. The van der Waals surface area contributed by atoms with Crippen molar-refractivity contribution in [3.8, 4) is 0 Å². The van der Waals surface area contributed by atoms with Crippen LogP contribution in [0, 0.1) is 0 Å². The molecule has 0 aliphatic carbocycles. The third-order valence-corrected chi connectivity index (χ3v) is 5.31. The smallest absolute Gasteiger partial charge is 0.0558 e. The molecule has 0 radical (unpaired) electrons. The van der Waals surface area contributed by atoms with Crippen LogP contribution in [0.15, 0.2) is 0 Å². The number of rotatable bonds is 5. The Hall–Kier alpha value is -0.160. The number of fused-ring (bicyclic) bond motifs is 1. The van der Waals surface area contributed by atoms with Gasteiger partial charge in [-0.15, -0.1) is 0 Å². The second-order valence-electron chi connectivity index (χ2n) is 6.52. The molecule has 3 unspecified atom stereocenters. The van der Waals surface area contributed by atoms with Crippen LogP contribution in [0.25, 0.3) is 0 Å². The van der Waals surface area contributed by atoms with Crippen molar-refractivity contribution in [2.45, 2.75) is 56.7 Å². The van der Waals surface area contributed by atoms with Crippen molar-refractivity contribution in [2.75, 3.05) is 39.3 Å². The van der Waals surface area contributed by atoms with E-state index >= 15 is 0 Å². The summed E-state index contributed by atoms with van der Waals surface area (Å²) in [6, 6.07) is 2.19. The Kier molecular flexibility index (Phi) is 4.74. The van der Waals surface area contributed by atoms with Crippen LogP contribution in [0.1, 0.15) is 38.5 Å². The van der Waals surface area contributed by atoms with Crippen LogP contribution in [0.2, 0.25) is 0 Å². The highest BCUT2D eigenvalue weighted by atomic mass is 16.3. The monoisotopic (exact) mass is 267 g/mol. The van der Waals surface area contributed by atoms with Gasteiger partial charge in [-0.25, -0.2) is 0 Å². The molecule has 3 aliphatic rings. The Bertz CT molecular complexity index is 281. The SMILES string of the molecule is OCCN(CC1CCCN1)C1CCN2CCCC2C1. The number of aliphatic hydroxyl groups is 1. The summed E-state index contributed by atoms with van der Waals surface area (Å²) in [6.07, 6.45) is 8.03. The van der Waals surface area contributed by atoms with Crippen molar-refractivity contribution in [3.05, 3.63) is 0 Å². The van der Waals surface area contributed by atoms with Crippen LogP contribution in [0.3, 0.4) is 0 Å². The lowest BCUT2D eigenvalue weighted by atomic mass is 9.95. The third kappa shape index (κ3) is 3.30. The first-order valence-electron chi connectivity index (χ1n) is 8.19. The molecule has 3 aliphatic heterocycles. The fourth-order valence-corrected chi connectivity index (χ4v) is 4.28. The number of nitrogens with zero attached hydrogens (tertiary/aromatic N) is 2. The molecule has 4 nitrogen and oxygen atoms in total.